The van der Waals surface area contributed by atoms with E-state index in [0.29, 0.717) is 16.8 Å². The number of sulfone groups is 1. The zero-order valence-electron chi connectivity index (χ0n) is 17.9. The normalized spacial score (nSPS) is 11.6. The van der Waals surface area contributed by atoms with Gasteiger partial charge in [0.2, 0.25) is 0 Å². The van der Waals surface area contributed by atoms with E-state index in [9.17, 15) is 21.6 Å². The molecule has 0 unspecified atom stereocenters. The number of nitrogens with two attached hydrogens (primary N) is 1. The Morgan fingerprint density at radius 1 is 0.788 bits per heavy atom. The largest absolute Gasteiger partial charge is 0.435 e. The summed E-state index contributed by atoms with van der Waals surface area (Å²) in [6.07, 6.45) is -3.61. The van der Waals surface area contributed by atoms with Crippen molar-refractivity contribution >= 4 is 9.84 Å². The Morgan fingerprint density at radius 2 is 1.30 bits per heavy atom. The average Bonchev–Trinajstić information content (AvgIpc) is 3.22. The van der Waals surface area contributed by atoms with Crippen LogP contribution in [-0.2, 0) is 16.0 Å². The van der Waals surface area contributed by atoms with Crippen LogP contribution in [0.3, 0.4) is 0 Å². The maximum atomic E-state index is 14.0. The van der Waals surface area contributed by atoms with Crippen LogP contribution in [0.2, 0.25) is 0 Å². The first-order valence-corrected chi connectivity index (χ1v) is 11.7. The molecule has 0 spiro atoms. The molecule has 0 bridgehead atoms. The molecule has 0 aliphatic carbocycles. The van der Waals surface area contributed by atoms with Gasteiger partial charge in [0, 0.05) is 17.4 Å². The van der Waals surface area contributed by atoms with Crippen molar-refractivity contribution < 1.29 is 21.6 Å². The third kappa shape index (κ3) is 5.15. The highest BCUT2D eigenvalue weighted by Gasteiger charge is 2.40. The van der Waals surface area contributed by atoms with Gasteiger partial charge in [-0.3, -0.25) is 0 Å². The van der Waals surface area contributed by atoms with Gasteiger partial charge in [0.05, 0.1) is 16.3 Å². The van der Waals surface area contributed by atoms with Crippen molar-refractivity contribution in [1.29, 1.82) is 0 Å². The fraction of sp³-hybridized carbons (Fsp3) is 0.125. The topological polar surface area (TPSA) is 78.0 Å². The molecule has 4 rings (SSSR count). The number of benzene rings is 3. The third-order valence-electron chi connectivity index (χ3n) is 4.77. The van der Waals surface area contributed by atoms with E-state index in [0.717, 1.165) is 6.26 Å². The van der Waals surface area contributed by atoms with E-state index < -0.39 is 21.7 Å². The van der Waals surface area contributed by atoms with E-state index in [4.69, 9.17) is 0 Å². The summed E-state index contributed by atoms with van der Waals surface area (Å²) in [5.41, 5.74) is 4.88. The Labute approximate surface area is 190 Å². The summed E-state index contributed by atoms with van der Waals surface area (Å²) < 4.78 is 67.0. The second kappa shape index (κ2) is 9.60. The highest BCUT2D eigenvalue weighted by atomic mass is 32.2. The lowest BCUT2D eigenvalue weighted by Gasteiger charge is -2.12. The van der Waals surface area contributed by atoms with Crippen LogP contribution in [0.25, 0.3) is 28.1 Å². The predicted molar refractivity (Wildman–Crippen MR) is 123 cm³/mol. The number of aromatic nitrogens is 2. The predicted octanol–water partition coefficient (Wildman–Crippen LogP) is 5.20. The van der Waals surface area contributed by atoms with E-state index in [1.165, 1.54) is 36.0 Å². The Morgan fingerprint density at radius 3 is 1.79 bits per heavy atom. The summed E-state index contributed by atoms with van der Waals surface area (Å²) in [5, 5.41) is 3.95. The van der Waals surface area contributed by atoms with E-state index >= 15 is 0 Å². The van der Waals surface area contributed by atoms with Crippen LogP contribution in [0, 0.1) is 0 Å². The maximum absolute atomic E-state index is 14.0. The minimum atomic E-state index is -4.69. The molecule has 0 aliphatic heterocycles. The minimum Gasteiger partial charge on any atom is -0.333 e. The lowest BCUT2D eigenvalue weighted by atomic mass is 9.98. The summed E-state index contributed by atoms with van der Waals surface area (Å²) >= 11 is 0. The number of para-hydroxylation sites is 1. The molecule has 0 atom stereocenters. The second-order valence-electron chi connectivity index (χ2n) is 6.98. The molecule has 2 N–H and O–H groups in total. The molecule has 0 amide bonds. The van der Waals surface area contributed by atoms with Crippen LogP contribution < -0.4 is 5.73 Å². The summed E-state index contributed by atoms with van der Waals surface area (Å²) in [4.78, 5) is 0.0827. The summed E-state index contributed by atoms with van der Waals surface area (Å²) in [6, 6.07) is 22.5. The number of rotatable bonds is 4. The van der Waals surface area contributed by atoms with Crippen molar-refractivity contribution in [1.82, 2.24) is 9.78 Å². The molecule has 4 aromatic rings. The van der Waals surface area contributed by atoms with Gasteiger partial charge in [-0.25, -0.2) is 13.1 Å². The SMILES string of the molecule is CN.CS(=O)(=O)c1ccc(-c2c(-c3ccccc3)c(C(F)(F)F)nn2-c2ccccc2)cc1. The van der Waals surface area contributed by atoms with Gasteiger partial charge in [-0.15, -0.1) is 0 Å². The molecule has 9 heteroatoms. The quantitative estimate of drug-likeness (QED) is 0.442. The minimum absolute atomic E-state index is 0.0657. The smallest absolute Gasteiger partial charge is 0.333 e. The highest BCUT2D eigenvalue weighted by molar-refractivity contribution is 7.90. The Bertz CT molecular complexity index is 1320. The molecule has 33 heavy (non-hydrogen) atoms. The monoisotopic (exact) mass is 473 g/mol. The van der Waals surface area contributed by atoms with Crippen molar-refractivity contribution in [3.8, 4) is 28.1 Å². The molecule has 0 saturated carbocycles. The number of halogens is 3. The molecule has 0 radical (unpaired) electrons. The average molecular weight is 474 g/mol. The second-order valence-corrected chi connectivity index (χ2v) is 9.00. The van der Waals surface area contributed by atoms with Crippen LogP contribution in [0.15, 0.2) is 89.8 Å². The third-order valence-corrected chi connectivity index (χ3v) is 5.90. The van der Waals surface area contributed by atoms with Gasteiger partial charge in [-0.05, 0) is 36.9 Å². The lowest BCUT2D eigenvalue weighted by molar-refractivity contribution is -0.140. The molecule has 0 fully saturated rings. The van der Waals surface area contributed by atoms with Crippen LogP contribution in [0.4, 0.5) is 13.2 Å². The van der Waals surface area contributed by atoms with Crippen LogP contribution in [-0.4, -0.2) is 31.5 Å². The van der Waals surface area contributed by atoms with Gasteiger partial charge in [-0.2, -0.15) is 18.3 Å². The molecule has 1 heterocycles. The van der Waals surface area contributed by atoms with E-state index in [2.05, 4.69) is 10.8 Å². The van der Waals surface area contributed by atoms with Gasteiger partial charge in [0.15, 0.2) is 15.5 Å². The van der Waals surface area contributed by atoms with Crippen LogP contribution in [0.1, 0.15) is 5.69 Å². The molecular formula is C24H22F3N3O2S. The molecule has 5 nitrogen and oxygen atoms in total. The van der Waals surface area contributed by atoms with Gasteiger partial charge in [0.1, 0.15) is 0 Å². The van der Waals surface area contributed by atoms with Gasteiger partial charge < -0.3 is 5.73 Å². The Kier molecular flexibility index (Phi) is 7.04. The fourth-order valence-electron chi connectivity index (χ4n) is 3.38. The van der Waals surface area contributed by atoms with Crippen molar-refractivity contribution in [2.24, 2.45) is 5.73 Å². The number of hydrogen-bond donors (Lipinski definition) is 1. The molecule has 0 aliphatic rings. The zero-order valence-corrected chi connectivity index (χ0v) is 18.7. The lowest BCUT2D eigenvalue weighted by Crippen LogP contribution is -2.08. The maximum Gasteiger partial charge on any atom is 0.435 e. The first-order valence-electron chi connectivity index (χ1n) is 9.85. The van der Waals surface area contributed by atoms with Crippen molar-refractivity contribution in [2.45, 2.75) is 11.1 Å². The van der Waals surface area contributed by atoms with Crippen molar-refractivity contribution in [2.75, 3.05) is 13.3 Å². The van der Waals surface area contributed by atoms with Gasteiger partial charge in [0.25, 0.3) is 0 Å². The van der Waals surface area contributed by atoms with Crippen molar-refractivity contribution in [3.63, 3.8) is 0 Å². The molecule has 3 aromatic carbocycles. The summed E-state index contributed by atoms with van der Waals surface area (Å²) in [7, 11) is -1.95. The first-order chi connectivity index (χ1) is 15.7. The Hall–Kier alpha value is -3.43. The standard InChI is InChI=1S/C23H17F3N2O2S.CH5N/c1-31(29,30)19-14-12-17(13-15-19)21-20(16-8-4-2-5-9-16)22(23(24,25)26)27-28(21)18-10-6-3-7-11-18;1-2/h2-15H,1H3;2H2,1H3. The zero-order chi connectivity index (χ0) is 24.2. The number of alkyl halides is 3. The van der Waals surface area contributed by atoms with Crippen LogP contribution in [0.5, 0.6) is 0 Å². The number of nitrogens with zero attached hydrogens (tertiary/aromatic N) is 2. The van der Waals surface area contributed by atoms with Gasteiger partial charge >= 0.3 is 6.18 Å². The van der Waals surface area contributed by atoms with Crippen LogP contribution >= 0.6 is 0 Å². The summed E-state index contributed by atoms with van der Waals surface area (Å²) in [6.45, 7) is 0. The summed E-state index contributed by atoms with van der Waals surface area (Å²) in [5.74, 6) is 0. The van der Waals surface area contributed by atoms with E-state index in [1.807, 2.05) is 0 Å². The molecule has 172 valence electrons. The van der Waals surface area contributed by atoms with Crippen molar-refractivity contribution in [3.05, 3.63) is 90.6 Å². The molecular weight excluding hydrogens is 451 g/mol. The highest BCUT2D eigenvalue weighted by Crippen LogP contribution is 2.43. The first kappa shape index (κ1) is 24.2. The number of hydrogen-bond acceptors (Lipinski definition) is 4. The van der Waals surface area contributed by atoms with E-state index in [-0.39, 0.29) is 16.2 Å². The van der Waals surface area contributed by atoms with E-state index in [1.54, 1.807) is 60.7 Å². The Balaban J connectivity index is 0.00000149. The fourth-order valence-corrected chi connectivity index (χ4v) is 4.01. The molecule has 1 aromatic heterocycles. The molecule has 0 saturated heterocycles. The van der Waals surface area contributed by atoms with Gasteiger partial charge in [-0.1, -0.05) is 60.7 Å².